The minimum atomic E-state index is -1.91. The molecule has 2 bridgehead atoms. The molecule has 17 heavy (non-hydrogen) atoms. The van der Waals surface area contributed by atoms with E-state index in [9.17, 15) is 14.7 Å². The van der Waals surface area contributed by atoms with Gasteiger partial charge < -0.3 is 20.4 Å². The largest absolute Gasteiger partial charge is 0.479 e. The molecule has 3 atom stereocenters. The average molecular weight is 242 g/mol. The van der Waals surface area contributed by atoms with Crippen LogP contribution in [0.1, 0.15) is 26.2 Å². The van der Waals surface area contributed by atoms with Crippen LogP contribution in [0.4, 0.5) is 4.79 Å². The van der Waals surface area contributed by atoms with E-state index in [0.29, 0.717) is 12.0 Å². The van der Waals surface area contributed by atoms with Gasteiger partial charge in [0.2, 0.25) is 0 Å². The van der Waals surface area contributed by atoms with Gasteiger partial charge in [-0.2, -0.15) is 0 Å². The number of amides is 2. The molecule has 2 aliphatic rings. The number of nitrogens with one attached hydrogen (secondary N) is 1. The van der Waals surface area contributed by atoms with E-state index in [4.69, 9.17) is 5.11 Å². The van der Waals surface area contributed by atoms with Crippen molar-refractivity contribution in [2.45, 2.75) is 37.8 Å². The molecule has 96 valence electrons. The Morgan fingerprint density at radius 1 is 1.47 bits per heavy atom. The fourth-order valence-corrected chi connectivity index (χ4v) is 2.60. The van der Waals surface area contributed by atoms with Crippen LogP contribution in [0.5, 0.6) is 0 Å². The maximum Gasteiger partial charge on any atom is 0.337 e. The number of fused-ring (bicyclic) bond motifs is 2. The lowest BCUT2D eigenvalue weighted by molar-refractivity contribution is -0.155. The van der Waals surface area contributed by atoms with Crippen molar-refractivity contribution in [3.8, 4) is 0 Å². The fourth-order valence-electron chi connectivity index (χ4n) is 2.60. The molecule has 3 N–H and O–H groups in total. The molecule has 2 fully saturated rings. The molecule has 1 saturated carbocycles. The van der Waals surface area contributed by atoms with Gasteiger partial charge in [0, 0.05) is 12.6 Å². The Labute approximate surface area is 99.6 Å². The van der Waals surface area contributed by atoms with E-state index < -0.39 is 11.6 Å². The second kappa shape index (κ2) is 4.18. The van der Waals surface area contributed by atoms with Gasteiger partial charge >= 0.3 is 12.0 Å². The SMILES string of the molecule is CC(O)(CNC(=O)N1CC2CCC1C2)C(=O)O. The lowest BCUT2D eigenvalue weighted by atomic mass is 10.1. The zero-order chi connectivity index (χ0) is 12.6. The highest BCUT2D eigenvalue weighted by molar-refractivity contribution is 5.79. The van der Waals surface area contributed by atoms with Gasteiger partial charge in [-0.05, 0) is 32.1 Å². The maximum atomic E-state index is 11.8. The summed E-state index contributed by atoms with van der Waals surface area (Å²) >= 11 is 0. The van der Waals surface area contributed by atoms with Crippen LogP contribution in [0.25, 0.3) is 0 Å². The Kier molecular flexibility index (Phi) is 2.99. The summed E-state index contributed by atoms with van der Waals surface area (Å²) in [5.74, 6) is -0.730. The first-order chi connectivity index (χ1) is 7.90. The van der Waals surface area contributed by atoms with Crippen molar-refractivity contribution < 1.29 is 19.8 Å². The first-order valence-electron chi connectivity index (χ1n) is 5.90. The number of hydrogen-bond donors (Lipinski definition) is 3. The molecule has 0 aromatic carbocycles. The predicted molar refractivity (Wildman–Crippen MR) is 59.5 cm³/mol. The molecule has 0 aromatic rings. The summed E-state index contributed by atoms with van der Waals surface area (Å²) in [7, 11) is 0. The van der Waals surface area contributed by atoms with Crippen molar-refractivity contribution in [3.63, 3.8) is 0 Å². The topological polar surface area (TPSA) is 89.9 Å². The van der Waals surface area contributed by atoms with Gasteiger partial charge in [-0.15, -0.1) is 0 Å². The van der Waals surface area contributed by atoms with Crippen LogP contribution in [-0.2, 0) is 4.79 Å². The van der Waals surface area contributed by atoms with Gasteiger partial charge in [-0.1, -0.05) is 0 Å². The Morgan fingerprint density at radius 3 is 2.65 bits per heavy atom. The fraction of sp³-hybridized carbons (Fsp3) is 0.818. The van der Waals surface area contributed by atoms with E-state index in [1.54, 1.807) is 4.90 Å². The molecule has 2 rings (SSSR count). The number of likely N-dealkylation sites (tertiary alicyclic amines) is 1. The first-order valence-corrected chi connectivity index (χ1v) is 5.90. The highest BCUT2D eigenvalue weighted by atomic mass is 16.4. The minimum Gasteiger partial charge on any atom is -0.479 e. The van der Waals surface area contributed by atoms with Crippen LogP contribution in [-0.4, -0.2) is 51.8 Å². The van der Waals surface area contributed by atoms with E-state index in [2.05, 4.69) is 5.32 Å². The zero-order valence-corrected chi connectivity index (χ0v) is 9.85. The summed E-state index contributed by atoms with van der Waals surface area (Å²) in [5, 5.41) is 20.7. The quantitative estimate of drug-likeness (QED) is 0.650. The molecule has 3 unspecified atom stereocenters. The van der Waals surface area contributed by atoms with Gasteiger partial charge in [-0.3, -0.25) is 0 Å². The summed E-state index contributed by atoms with van der Waals surface area (Å²) in [4.78, 5) is 24.2. The van der Waals surface area contributed by atoms with Gasteiger partial charge in [0.25, 0.3) is 0 Å². The summed E-state index contributed by atoms with van der Waals surface area (Å²) in [5.41, 5.74) is -1.91. The molecule has 0 spiro atoms. The summed E-state index contributed by atoms with van der Waals surface area (Å²) in [6.45, 7) is 1.66. The number of carbonyl (C=O) groups excluding carboxylic acids is 1. The molecule has 1 heterocycles. The molecule has 2 amide bonds. The Bertz CT molecular complexity index is 342. The van der Waals surface area contributed by atoms with Crippen LogP contribution in [0.15, 0.2) is 0 Å². The lowest BCUT2D eigenvalue weighted by Crippen LogP contribution is -2.51. The van der Waals surface area contributed by atoms with Gasteiger partial charge in [0.05, 0.1) is 6.54 Å². The smallest absolute Gasteiger partial charge is 0.337 e. The van der Waals surface area contributed by atoms with Gasteiger partial charge in [0.1, 0.15) is 0 Å². The van der Waals surface area contributed by atoms with Crippen molar-refractivity contribution >= 4 is 12.0 Å². The molecular formula is C11H18N2O4. The number of hydrogen-bond acceptors (Lipinski definition) is 3. The van der Waals surface area contributed by atoms with E-state index >= 15 is 0 Å². The van der Waals surface area contributed by atoms with E-state index in [1.165, 1.54) is 13.3 Å². The number of aliphatic hydroxyl groups is 1. The Morgan fingerprint density at radius 2 is 2.18 bits per heavy atom. The van der Waals surface area contributed by atoms with E-state index in [-0.39, 0.29) is 12.6 Å². The normalized spacial score (nSPS) is 30.1. The maximum absolute atomic E-state index is 11.8. The number of carboxylic acids is 1. The third-order valence-electron chi connectivity index (χ3n) is 3.71. The molecule has 1 aliphatic heterocycles. The van der Waals surface area contributed by atoms with Crippen molar-refractivity contribution in [2.75, 3.05) is 13.1 Å². The summed E-state index contributed by atoms with van der Waals surface area (Å²) in [6, 6.07) is 0.0357. The predicted octanol–water partition coefficient (Wildman–Crippen LogP) is 0.0159. The first kappa shape index (κ1) is 12.2. The monoisotopic (exact) mass is 242 g/mol. The zero-order valence-electron chi connectivity index (χ0n) is 9.85. The van der Waals surface area contributed by atoms with Crippen molar-refractivity contribution in [1.82, 2.24) is 10.2 Å². The number of nitrogens with zero attached hydrogens (tertiary/aromatic N) is 1. The van der Waals surface area contributed by atoms with Crippen molar-refractivity contribution in [1.29, 1.82) is 0 Å². The van der Waals surface area contributed by atoms with E-state index in [1.807, 2.05) is 0 Å². The number of aliphatic carboxylic acids is 1. The number of piperidine rings is 1. The molecule has 1 saturated heterocycles. The second-order valence-corrected chi connectivity index (χ2v) is 5.22. The highest BCUT2D eigenvalue weighted by Gasteiger charge is 2.41. The molecule has 6 nitrogen and oxygen atoms in total. The molecular weight excluding hydrogens is 224 g/mol. The van der Waals surface area contributed by atoms with Crippen LogP contribution in [0.2, 0.25) is 0 Å². The van der Waals surface area contributed by atoms with Crippen LogP contribution in [0, 0.1) is 5.92 Å². The highest BCUT2D eigenvalue weighted by Crippen LogP contribution is 2.37. The summed E-state index contributed by atoms with van der Waals surface area (Å²) < 4.78 is 0. The minimum absolute atomic E-state index is 0.265. The van der Waals surface area contributed by atoms with Crippen LogP contribution in [0.3, 0.4) is 0 Å². The molecule has 0 aromatic heterocycles. The molecule has 1 aliphatic carbocycles. The van der Waals surface area contributed by atoms with Gasteiger partial charge in [-0.25, -0.2) is 9.59 Å². The van der Waals surface area contributed by atoms with Crippen molar-refractivity contribution in [3.05, 3.63) is 0 Å². The van der Waals surface area contributed by atoms with Crippen LogP contribution >= 0.6 is 0 Å². The molecule has 6 heteroatoms. The Hall–Kier alpha value is -1.30. The molecule has 0 radical (unpaired) electrons. The standard InChI is InChI=1S/C11H18N2O4/c1-11(17,9(14)15)6-12-10(16)13-5-7-2-3-8(13)4-7/h7-8,17H,2-6H2,1H3,(H,12,16)(H,14,15). The number of rotatable bonds is 3. The van der Waals surface area contributed by atoms with Crippen molar-refractivity contribution in [2.24, 2.45) is 5.92 Å². The third kappa shape index (κ3) is 2.36. The third-order valence-corrected chi connectivity index (χ3v) is 3.71. The van der Waals surface area contributed by atoms with E-state index in [0.717, 1.165) is 19.4 Å². The summed E-state index contributed by atoms with van der Waals surface area (Å²) in [6.07, 6.45) is 3.28. The number of urea groups is 1. The second-order valence-electron chi connectivity index (χ2n) is 5.22. The van der Waals surface area contributed by atoms with Crippen LogP contribution < -0.4 is 5.32 Å². The Balaban J connectivity index is 1.84. The van der Waals surface area contributed by atoms with Gasteiger partial charge in [0.15, 0.2) is 5.60 Å². The lowest BCUT2D eigenvalue weighted by Gasteiger charge is -2.28. The number of carbonyl (C=O) groups is 2. The average Bonchev–Trinajstić information content (AvgIpc) is 2.87. The number of carboxylic acid groups (broad SMARTS) is 1.